The minimum atomic E-state index is 0.157. The maximum absolute atomic E-state index is 5.29. The molecule has 1 aromatic heterocycles. The third kappa shape index (κ3) is 1.71. The van der Waals surface area contributed by atoms with Gasteiger partial charge in [-0.25, -0.2) is 0 Å². The van der Waals surface area contributed by atoms with Crippen LogP contribution in [0.25, 0.3) is 0 Å². The van der Waals surface area contributed by atoms with E-state index < -0.39 is 0 Å². The van der Waals surface area contributed by atoms with Crippen molar-refractivity contribution in [3.05, 3.63) is 16.3 Å². The second kappa shape index (κ2) is 3.71. The van der Waals surface area contributed by atoms with Crippen LogP contribution in [0.3, 0.4) is 0 Å². The van der Waals surface area contributed by atoms with Gasteiger partial charge in [-0.15, -0.1) is 11.3 Å². The van der Waals surface area contributed by atoms with E-state index in [9.17, 15) is 0 Å². The molecule has 0 saturated carbocycles. The van der Waals surface area contributed by atoms with E-state index in [4.69, 9.17) is 10.6 Å². The lowest BCUT2D eigenvalue weighted by molar-refractivity contribution is 0.406. The van der Waals surface area contributed by atoms with Gasteiger partial charge in [-0.2, -0.15) is 0 Å². The summed E-state index contributed by atoms with van der Waals surface area (Å²) in [5.74, 6) is 6.19. The molecule has 0 amide bonds. The molecule has 4 heteroatoms. The molecule has 1 unspecified atom stereocenters. The Bertz CT molecular complexity index is 224. The average Bonchev–Trinajstić information content (AvgIpc) is 2.50. The Morgan fingerprint density at radius 1 is 1.73 bits per heavy atom. The Morgan fingerprint density at radius 3 is 3.00 bits per heavy atom. The van der Waals surface area contributed by atoms with E-state index in [1.807, 2.05) is 18.4 Å². The van der Waals surface area contributed by atoms with Crippen molar-refractivity contribution in [3.63, 3.8) is 0 Å². The first-order chi connectivity index (χ1) is 5.29. The van der Waals surface area contributed by atoms with Crippen molar-refractivity contribution >= 4 is 11.3 Å². The van der Waals surface area contributed by atoms with Crippen LogP contribution in [0, 0.1) is 0 Å². The Labute approximate surface area is 70.1 Å². The first kappa shape index (κ1) is 8.52. The fraction of sp³-hybridized carbons (Fsp3) is 0.429. The van der Waals surface area contributed by atoms with Crippen molar-refractivity contribution in [3.8, 4) is 5.75 Å². The largest absolute Gasteiger partial charge is 0.496 e. The molecular formula is C7H12N2OS. The zero-order valence-corrected chi connectivity index (χ0v) is 7.44. The zero-order chi connectivity index (χ0) is 8.27. The number of methoxy groups -OCH3 is 1. The van der Waals surface area contributed by atoms with E-state index in [1.54, 1.807) is 18.4 Å². The van der Waals surface area contributed by atoms with Gasteiger partial charge in [0.2, 0.25) is 0 Å². The van der Waals surface area contributed by atoms with Gasteiger partial charge in [0, 0.05) is 0 Å². The standard InChI is InChI=1S/C7H12N2OS/c1-5(9-8)7-6(10-2)3-4-11-7/h3-5,9H,8H2,1-2H3. The molecule has 0 spiro atoms. The van der Waals surface area contributed by atoms with Gasteiger partial charge in [0.05, 0.1) is 18.0 Å². The number of nitrogens with two attached hydrogens (primary N) is 1. The molecule has 0 fully saturated rings. The lowest BCUT2D eigenvalue weighted by Crippen LogP contribution is -2.25. The minimum Gasteiger partial charge on any atom is -0.496 e. The number of hydrogen-bond acceptors (Lipinski definition) is 4. The van der Waals surface area contributed by atoms with Gasteiger partial charge in [-0.1, -0.05) is 0 Å². The summed E-state index contributed by atoms with van der Waals surface area (Å²) in [6.07, 6.45) is 0. The lowest BCUT2D eigenvalue weighted by atomic mass is 10.3. The van der Waals surface area contributed by atoms with Crippen LogP contribution >= 0.6 is 11.3 Å². The van der Waals surface area contributed by atoms with Crippen molar-refractivity contribution in [2.24, 2.45) is 5.84 Å². The Balaban J connectivity index is 2.83. The summed E-state index contributed by atoms with van der Waals surface area (Å²) in [4.78, 5) is 1.13. The molecule has 1 atom stereocenters. The summed E-state index contributed by atoms with van der Waals surface area (Å²) in [7, 11) is 1.66. The molecule has 1 rings (SSSR count). The molecule has 1 aromatic rings. The topological polar surface area (TPSA) is 47.3 Å². The van der Waals surface area contributed by atoms with E-state index >= 15 is 0 Å². The maximum atomic E-state index is 5.29. The van der Waals surface area contributed by atoms with E-state index in [2.05, 4.69) is 5.43 Å². The number of rotatable bonds is 3. The van der Waals surface area contributed by atoms with Crippen molar-refractivity contribution in [1.29, 1.82) is 0 Å². The molecule has 0 radical (unpaired) electrons. The fourth-order valence-corrected chi connectivity index (χ4v) is 1.75. The lowest BCUT2D eigenvalue weighted by Gasteiger charge is -2.09. The Kier molecular flexibility index (Phi) is 2.87. The highest BCUT2D eigenvalue weighted by atomic mass is 32.1. The van der Waals surface area contributed by atoms with Crippen LogP contribution in [0.4, 0.5) is 0 Å². The maximum Gasteiger partial charge on any atom is 0.134 e. The smallest absolute Gasteiger partial charge is 0.134 e. The van der Waals surface area contributed by atoms with Crippen LogP contribution < -0.4 is 16.0 Å². The second-order valence-corrected chi connectivity index (χ2v) is 3.19. The van der Waals surface area contributed by atoms with E-state index in [0.717, 1.165) is 10.6 Å². The summed E-state index contributed by atoms with van der Waals surface area (Å²) >= 11 is 1.64. The monoisotopic (exact) mass is 172 g/mol. The average molecular weight is 172 g/mol. The SMILES string of the molecule is COc1ccsc1C(C)NN. The number of thiophene rings is 1. The van der Waals surface area contributed by atoms with Gasteiger partial charge in [-0.3, -0.25) is 11.3 Å². The third-order valence-corrected chi connectivity index (χ3v) is 2.60. The number of nitrogens with one attached hydrogen (secondary N) is 1. The Hall–Kier alpha value is -0.580. The molecule has 0 aliphatic rings. The molecule has 3 N–H and O–H groups in total. The molecule has 0 aromatic carbocycles. The molecule has 11 heavy (non-hydrogen) atoms. The van der Waals surface area contributed by atoms with Crippen LogP contribution in [0.15, 0.2) is 11.4 Å². The van der Waals surface area contributed by atoms with Gasteiger partial charge < -0.3 is 4.74 Å². The van der Waals surface area contributed by atoms with Crippen molar-refractivity contribution in [2.75, 3.05) is 7.11 Å². The summed E-state index contributed by atoms with van der Waals surface area (Å²) in [5.41, 5.74) is 2.67. The van der Waals surface area contributed by atoms with Crippen LogP contribution in [-0.2, 0) is 0 Å². The number of hydrogen-bond donors (Lipinski definition) is 2. The quantitative estimate of drug-likeness (QED) is 0.533. The first-order valence-electron chi connectivity index (χ1n) is 3.37. The molecule has 0 saturated heterocycles. The first-order valence-corrected chi connectivity index (χ1v) is 4.25. The van der Waals surface area contributed by atoms with Crippen molar-refractivity contribution < 1.29 is 4.74 Å². The highest BCUT2D eigenvalue weighted by Crippen LogP contribution is 2.29. The molecule has 1 heterocycles. The van der Waals surface area contributed by atoms with E-state index in [1.165, 1.54) is 0 Å². The Morgan fingerprint density at radius 2 is 2.45 bits per heavy atom. The van der Waals surface area contributed by atoms with Crippen molar-refractivity contribution in [1.82, 2.24) is 5.43 Å². The van der Waals surface area contributed by atoms with E-state index in [0.29, 0.717) is 0 Å². The summed E-state index contributed by atoms with van der Waals surface area (Å²) in [6.45, 7) is 1.99. The zero-order valence-electron chi connectivity index (χ0n) is 6.63. The predicted octanol–water partition coefficient (Wildman–Crippen LogP) is 1.28. The van der Waals surface area contributed by atoms with Crippen LogP contribution in [-0.4, -0.2) is 7.11 Å². The van der Waals surface area contributed by atoms with Crippen LogP contribution in [0.1, 0.15) is 17.8 Å². The highest BCUT2D eigenvalue weighted by molar-refractivity contribution is 7.10. The normalized spacial score (nSPS) is 13.0. The summed E-state index contributed by atoms with van der Waals surface area (Å²) in [6, 6.07) is 2.10. The predicted molar refractivity (Wildman–Crippen MR) is 46.6 cm³/mol. The minimum absolute atomic E-state index is 0.157. The fourth-order valence-electron chi connectivity index (χ4n) is 0.869. The third-order valence-electron chi connectivity index (χ3n) is 1.52. The van der Waals surface area contributed by atoms with Gasteiger partial charge >= 0.3 is 0 Å². The summed E-state index contributed by atoms with van der Waals surface area (Å²) in [5, 5.41) is 1.99. The van der Waals surface area contributed by atoms with Gasteiger partial charge in [0.25, 0.3) is 0 Å². The van der Waals surface area contributed by atoms with Crippen molar-refractivity contribution in [2.45, 2.75) is 13.0 Å². The molecule has 0 bridgehead atoms. The van der Waals surface area contributed by atoms with Crippen LogP contribution in [0.2, 0.25) is 0 Å². The molecular weight excluding hydrogens is 160 g/mol. The van der Waals surface area contributed by atoms with Gasteiger partial charge in [0.15, 0.2) is 0 Å². The molecule has 0 aliphatic heterocycles. The number of hydrazine groups is 1. The van der Waals surface area contributed by atoms with Gasteiger partial charge in [-0.05, 0) is 18.4 Å². The molecule has 62 valence electrons. The van der Waals surface area contributed by atoms with Gasteiger partial charge in [0.1, 0.15) is 5.75 Å². The van der Waals surface area contributed by atoms with E-state index in [-0.39, 0.29) is 6.04 Å². The second-order valence-electron chi connectivity index (χ2n) is 2.24. The highest BCUT2D eigenvalue weighted by Gasteiger charge is 2.10. The summed E-state index contributed by atoms with van der Waals surface area (Å²) < 4.78 is 5.12. The molecule has 3 nitrogen and oxygen atoms in total. The van der Waals surface area contributed by atoms with Crippen LogP contribution in [0.5, 0.6) is 5.75 Å². The molecule has 0 aliphatic carbocycles. The number of ether oxygens (including phenoxy) is 1.